The molecule has 1 saturated heterocycles. The average molecular weight is 375 g/mol. The highest BCUT2D eigenvalue weighted by molar-refractivity contribution is 5.82. The zero-order valence-electron chi connectivity index (χ0n) is 15.2. The summed E-state index contributed by atoms with van der Waals surface area (Å²) in [6, 6.07) is 5.71. The van der Waals surface area contributed by atoms with Crippen LogP contribution in [0.1, 0.15) is 24.5 Å². The van der Waals surface area contributed by atoms with Gasteiger partial charge < -0.3 is 15.5 Å². The standard InChI is InChI=1S/C19H23F2N5O/c1-2-19(20,21)15-5-3-14(4-6-15)11-25-18(27)16-13-26(10-9-23-16)17-12-22-7-8-24-17/h3-8,12,16,23H,2,9-11,13H2,1H3,(H,25,27). The van der Waals surface area contributed by atoms with Gasteiger partial charge in [0.25, 0.3) is 5.92 Å². The lowest BCUT2D eigenvalue weighted by Crippen LogP contribution is -2.57. The molecule has 2 heterocycles. The van der Waals surface area contributed by atoms with Crippen molar-refractivity contribution in [3.8, 4) is 0 Å². The van der Waals surface area contributed by atoms with Crippen LogP contribution in [0.4, 0.5) is 14.6 Å². The molecule has 1 aliphatic heterocycles. The van der Waals surface area contributed by atoms with E-state index in [-0.39, 0.29) is 23.9 Å². The third-order valence-corrected chi connectivity index (χ3v) is 4.65. The largest absolute Gasteiger partial charge is 0.352 e. The van der Waals surface area contributed by atoms with E-state index in [1.54, 1.807) is 30.7 Å². The van der Waals surface area contributed by atoms with E-state index in [4.69, 9.17) is 0 Å². The summed E-state index contributed by atoms with van der Waals surface area (Å²) < 4.78 is 27.3. The van der Waals surface area contributed by atoms with Crippen LogP contribution in [0, 0.1) is 0 Å². The summed E-state index contributed by atoms with van der Waals surface area (Å²) in [5.41, 5.74) is 0.772. The minimum Gasteiger partial charge on any atom is -0.352 e. The summed E-state index contributed by atoms with van der Waals surface area (Å²) in [6.07, 6.45) is 4.67. The van der Waals surface area contributed by atoms with Gasteiger partial charge >= 0.3 is 0 Å². The molecule has 1 unspecified atom stereocenters. The van der Waals surface area contributed by atoms with Crippen LogP contribution in [0.15, 0.2) is 42.9 Å². The van der Waals surface area contributed by atoms with Crippen molar-refractivity contribution in [2.75, 3.05) is 24.5 Å². The molecule has 8 heteroatoms. The number of piperazine rings is 1. The smallest absolute Gasteiger partial charge is 0.273 e. The highest BCUT2D eigenvalue weighted by atomic mass is 19.3. The fourth-order valence-electron chi connectivity index (χ4n) is 2.97. The summed E-state index contributed by atoms with van der Waals surface area (Å²) in [6.45, 7) is 3.65. The monoisotopic (exact) mass is 375 g/mol. The molecule has 1 atom stereocenters. The molecule has 0 spiro atoms. The topological polar surface area (TPSA) is 70.2 Å². The first-order chi connectivity index (χ1) is 13.0. The lowest BCUT2D eigenvalue weighted by molar-refractivity contribution is -0.123. The predicted molar refractivity (Wildman–Crippen MR) is 98.5 cm³/mol. The number of carbonyl (C=O) groups is 1. The number of halogens is 2. The number of hydrogen-bond acceptors (Lipinski definition) is 5. The van der Waals surface area contributed by atoms with Crippen molar-refractivity contribution in [3.63, 3.8) is 0 Å². The van der Waals surface area contributed by atoms with Crippen LogP contribution in [-0.4, -0.2) is 41.6 Å². The first-order valence-electron chi connectivity index (χ1n) is 8.99. The van der Waals surface area contributed by atoms with Crippen LogP contribution in [0.5, 0.6) is 0 Å². The Balaban J connectivity index is 1.54. The third-order valence-electron chi connectivity index (χ3n) is 4.65. The van der Waals surface area contributed by atoms with Crippen molar-refractivity contribution in [1.29, 1.82) is 0 Å². The number of nitrogens with one attached hydrogen (secondary N) is 2. The highest BCUT2D eigenvalue weighted by Gasteiger charge is 2.29. The van der Waals surface area contributed by atoms with Crippen molar-refractivity contribution in [1.82, 2.24) is 20.6 Å². The Morgan fingerprint density at radius 3 is 2.78 bits per heavy atom. The summed E-state index contributed by atoms with van der Waals surface area (Å²) in [5, 5.41) is 6.05. The number of rotatable bonds is 6. The molecule has 3 rings (SSSR count). The van der Waals surface area contributed by atoms with Gasteiger partial charge in [-0.05, 0) is 5.56 Å². The summed E-state index contributed by atoms with van der Waals surface area (Å²) in [4.78, 5) is 22.8. The molecular formula is C19H23F2N5O. The molecule has 0 aliphatic carbocycles. The van der Waals surface area contributed by atoms with Crippen molar-refractivity contribution < 1.29 is 13.6 Å². The molecule has 0 bridgehead atoms. The van der Waals surface area contributed by atoms with Gasteiger partial charge in [0.2, 0.25) is 5.91 Å². The molecule has 0 radical (unpaired) electrons. The van der Waals surface area contributed by atoms with Gasteiger partial charge in [-0.1, -0.05) is 31.2 Å². The molecule has 2 aromatic rings. The van der Waals surface area contributed by atoms with Crippen LogP contribution in [0.3, 0.4) is 0 Å². The Labute approximate surface area is 157 Å². The van der Waals surface area contributed by atoms with Crippen LogP contribution >= 0.6 is 0 Å². The van der Waals surface area contributed by atoms with Gasteiger partial charge in [-0.2, -0.15) is 0 Å². The summed E-state index contributed by atoms with van der Waals surface area (Å²) in [7, 11) is 0. The quantitative estimate of drug-likeness (QED) is 0.809. The second-order valence-electron chi connectivity index (χ2n) is 6.49. The number of nitrogens with zero attached hydrogens (tertiary/aromatic N) is 3. The van der Waals surface area contributed by atoms with Crippen LogP contribution < -0.4 is 15.5 Å². The minimum absolute atomic E-state index is 0.00589. The minimum atomic E-state index is -2.82. The molecule has 2 N–H and O–H groups in total. The van der Waals surface area contributed by atoms with Crippen molar-refractivity contribution in [2.24, 2.45) is 0 Å². The first-order valence-corrected chi connectivity index (χ1v) is 8.99. The maximum absolute atomic E-state index is 13.7. The second-order valence-corrected chi connectivity index (χ2v) is 6.49. The van der Waals surface area contributed by atoms with Gasteiger partial charge in [0.05, 0.1) is 6.20 Å². The normalized spacial score (nSPS) is 17.6. The maximum Gasteiger partial charge on any atom is 0.273 e. The van der Waals surface area contributed by atoms with E-state index >= 15 is 0 Å². The van der Waals surface area contributed by atoms with Crippen LogP contribution in [0.2, 0.25) is 0 Å². The van der Waals surface area contributed by atoms with Crippen molar-refractivity contribution in [2.45, 2.75) is 31.9 Å². The van der Waals surface area contributed by atoms with Crippen LogP contribution in [0.25, 0.3) is 0 Å². The molecule has 27 heavy (non-hydrogen) atoms. The number of carbonyl (C=O) groups excluding carboxylic acids is 1. The number of amides is 1. The van der Waals surface area contributed by atoms with E-state index in [2.05, 4.69) is 20.6 Å². The number of anilines is 1. The molecule has 144 valence electrons. The Kier molecular flexibility index (Phi) is 5.95. The van der Waals surface area contributed by atoms with E-state index in [9.17, 15) is 13.6 Å². The molecule has 0 saturated carbocycles. The Morgan fingerprint density at radius 1 is 1.33 bits per heavy atom. The average Bonchev–Trinajstić information content (AvgIpc) is 2.73. The molecule has 1 amide bonds. The number of alkyl halides is 2. The van der Waals surface area contributed by atoms with Gasteiger partial charge in [-0.3, -0.25) is 9.78 Å². The third kappa shape index (κ3) is 4.77. The van der Waals surface area contributed by atoms with Crippen molar-refractivity contribution in [3.05, 3.63) is 54.0 Å². The second kappa shape index (κ2) is 8.39. The fourth-order valence-corrected chi connectivity index (χ4v) is 2.97. The van der Waals surface area contributed by atoms with Gasteiger partial charge in [0.15, 0.2) is 0 Å². The molecule has 1 aromatic heterocycles. The lowest BCUT2D eigenvalue weighted by Gasteiger charge is -2.33. The number of benzene rings is 1. The molecule has 6 nitrogen and oxygen atoms in total. The Hall–Kier alpha value is -2.61. The zero-order valence-corrected chi connectivity index (χ0v) is 15.2. The van der Waals surface area contributed by atoms with E-state index in [1.807, 2.05) is 4.90 Å². The van der Waals surface area contributed by atoms with Gasteiger partial charge in [0, 0.05) is 50.6 Å². The van der Waals surface area contributed by atoms with Gasteiger partial charge in [0.1, 0.15) is 11.9 Å². The Morgan fingerprint density at radius 2 is 2.11 bits per heavy atom. The number of aromatic nitrogens is 2. The van der Waals surface area contributed by atoms with Crippen molar-refractivity contribution >= 4 is 11.7 Å². The van der Waals surface area contributed by atoms with E-state index in [0.717, 1.165) is 17.9 Å². The fraction of sp³-hybridized carbons (Fsp3) is 0.421. The molecule has 1 aromatic carbocycles. The van der Waals surface area contributed by atoms with Gasteiger partial charge in [-0.15, -0.1) is 0 Å². The van der Waals surface area contributed by atoms with E-state index < -0.39 is 5.92 Å². The summed E-state index contributed by atoms with van der Waals surface area (Å²) in [5.74, 6) is -2.21. The number of hydrogen-bond donors (Lipinski definition) is 2. The first kappa shape index (κ1) is 19.2. The van der Waals surface area contributed by atoms with E-state index in [1.165, 1.54) is 19.1 Å². The van der Waals surface area contributed by atoms with Crippen LogP contribution in [-0.2, 0) is 17.3 Å². The van der Waals surface area contributed by atoms with E-state index in [0.29, 0.717) is 19.6 Å². The highest BCUT2D eigenvalue weighted by Crippen LogP contribution is 2.31. The predicted octanol–water partition coefficient (Wildman–Crippen LogP) is 2.07. The molecular weight excluding hydrogens is 352 g/mol. The molecule has 1 aliphatic rings. The summed E-state index contributed by atoms with van der Waals surface area (Å²) >= 11 is 0. The Bertz CT molecular complexity index is 754. The van der Waals surface area contributed by atoms with Gasteiger partial charge in [-0.25, -0.2) is 13.8 Å². The molecule has 1 fully saturated rings. The SMILES string of the molecule is CCC(F)(F)c1ccc(CNC(=O)C2CN(c3cnccn3)CCN2)cc1. The zero-order chi connectivity index (χ0) is 19.3. The maximum atomic E-state index is 13.7. The lowest BCUT2D eigenvalue weighted by atomic mass is 10.0.